The first-order valence-electron chi connectivity index (χ1n) is 8.47. The minimum absolute atomic E-state index is 0.0697. The molecule has 0 amide bonds. The number of hydrogen-bond acceptors (Lipinski definition) is 6. The third kappa shape index (κ3) is 3.39. The zero-order chi connectivity index (χ0) is 16.9. The Bertz CT molecular complexity index is 865. The Morgan fingerprint density at radius 2 is 2.00 bits per heavy atom. The number of rotatable bonds is 5. The largest absolute Gasteiger partial charge is 0.247 e. The average molecular weight is 367 g/mol. The van der Waals surface area contributed by atoms with Crippen molar-refractivity contribution >= 4 is 21.2 Å². The number of nitrogens with zero attached hydrogens (tertiary/aromatic N) is 4. The molecule has 1 saturated carbocycles. The van der Waals surface area contributed by atoms with E-state index in [1.807, 2.05) is 18.5 Å². The lowest BCUT2D eigenvalue weighted by atomic mass is 10.2. The van der Waals surface area contributed by atoms with Gasteiger partial charge in [-0.3, -0.25) is 0 Å². The quantitative estimate of drug-likeness (QED) is 0.811. The van der Waals surface area contributed by atoms with Crippen molar-refractivity contribution in [3.05, 3.63) is 27.2 Å². The standard InChI is InChI=1S/C16H22N4O2S2/c1-10-14(23-11(2)17-10)8-16-18-15(7-12-3-4-12)19-20(16)13-5-6-24(21,22)9-13/h12-13H,3-9H2,1-2H3. The van der Waals surface area contributed by atoms with Crippen LogP contribution in [0.15, 0.2) is 0 Å². The molecule has 24 heavy (non-hydrogen) atoms. The summed E-state index contributed by atoms with van der Waals surface area (Å²) in [5.74, 6) is 2.92. The molecule has 1 aliphatic heterocycles. The summed E-state index contributed by atoms with van der Waals surface area (Å²) in [6.07, 6.45) is 4.76. The second-order valence-electron chi connectivity index (χ2n) is 7.01. The molecule has 1 aliphatic carbocycles. The van der Waals surface area contributed by atoms with Gasteiger partial charge < -0.3 is 0 Å². The normalized spacial score (nSPS) is 23.0. The van der Waals surface area contributed by atoms with E-state index in [9.17, 15) is 8.42 Å². The Balaban J connectivity index is 1.65. The first kappa shape index (κ1) is 16.2. The van der Waals surface area contributed by atoms with Crippen molar-refractivity contribution in [2.45, 2.75) is 52.0 Å². The molecule has 130 valence electrons. The molecule has 2 fully saturated rings. The second-order valence-corrected chi connectivity index (χ2v) is 10.5. The number of thiazole rings is 1. The van der Waals surface area contributed by atoms with Gasteiger partial charge in [-0.15, -0.1) is 11.3 Å². The van der Waals surface area contributed by atoms with Crippen molar-refractivity contribution in [3.8, 4) is 0 Å². The first-order chi connectivity index (χ1) is 11.4. The lowest BCUT2D eigenvalue weighted by molar-refractivity contribution is 0.477. The van der Waals surface area contributed by atoms with Crippen LogP contribution < -0.4 is 0 Å². The summed E-state index contributed by atoms with van der Waals surface area (Å²) in [5, 5.41) is 5.75. The highest BCUT2D eigenvalue weighted by molar-refractivity contribution is 7.91. The van der Waals surface area contributed by atoms with Gasteiger partial charge in [-0.1, -0.05) is 0 Å². The zero-order valence-corrected chi connectivity index (χ0v) is 15.7. The van der Waals surface area contributed by atoms with Gasteiger partial charge in [0.1, 0.15) is 5.82 Å². The van der Waals surface area contributed by atoms with Crippen molar-refractivity contribution in [2.75, 3.05) is 11.5 Å². The molecule has 6 nitrogen and oxygen atoms in total. The van der Waals surface area contributed by atoms with Gasteiger partial charge in [0, 0.05) is 17.7 Å². The summed E-state index contributed by atoms with van der Waals surface area (Å²) in [6, 6.07) is -0.0697. The van der Waals surface area contributed by atoms with Crippen LogP contribution in [0.25, 0.3) is 0 Å². The molecule has 2 aromatic rings. The van der Waals surface area contributed by atoms with Crippen LogP contribution in [0.5, 0.6) is 0 Å². The topological polar surface area (TPSA) is 77.7 Å². The summed E-state index contributed by atoms with van der Waals surface area (Å²) in [4.78, 5) is 10.4. The predicted molar refractivity (Wildman–Crippen MR) is 93.2 cm³/mol. The van der Waals surface area contributed by atoms with Crippen LogP contribution in [0.2, 0.25) is 0 Å². The summed E-state index contributed by atoms with van der Waals surface area (Å²) in [6.45, 7) is 4.03. The molecule has 3 heterocycles. The van der Waals surface area contributed by atoms with Crippen LogP contribution in [0.3, 0.4) is 0 Å². The smallest absolute Gasteiger partial charge is 0.152 e. The van der Waals surface area contributed by atoms with Gasteiger partial charge in [-0.2, -0.15) is 5.10 Å². The third-order valence-corrected chi connectivity index (χ3v) is 7.61. The first-order valence-corrected chi connectivity index (χ1v) is 11.1. The SMILES string of the molecule is Cc1nc(C)c(Cc2nc(CC3CC3)nn2C2CCS(=O)(=O)C2)s1. The summed E-state index contributed by atoms with van der Waals surface area (Å²) >= 11 is 1.69. The van der Waals surface area contributed by atoms with Gasteiger partial charge in [0.25, 0.3) is 0 Å². The summed E-state index contributed by atoms with van der Waals surface area (Å²) < 4.78 is 25.6. The molecule has 1 saturated heterocycles. The van der Waals surface area contributed by atoms with Gasteiger partial charge in [0.05, 0.1) is 28.2 Å². The molecular weight excluding hydrogens is 344 g/mol. The Morgan fingerprint density at radius 3 is 2.58 bits per heavy atom. The minimum atomic E-state index is -2.94. The molecular formula is C16H22N4O2S2. The minimum Gasteiger partial charge on any atom is -0.247 e. The molecule has 0 aromatic carbocycles. The van der Waals surface area contributed by atoms with Gasteiger partial charge in [0.15, 0.2) is 15.7 Å². The summed E-state index contributed by atoms with van der Waals surface area (Å²) in [5.41, 5.74) is 1.04. The summed E-state index contributed by atoms with van der Waals surface area (Å²) in [7, 11) is -2.94. The van der Waals surface area contributed by atoms with E-state index in [0.717, 1.165) is 28.8 Å². The van der Waals surface area contributed by atoms with Crippen LogP contribution in [-0.2, 0) is 22.7 Å². The van der Waals surface area contributed by atoms with Crippen molar-refractivity contribution < 1.29 is 8.42 Å². The molecule has 8 heteroatoms. The molecule has 1 unspecified atom stereocenters. The van der Waals surface area contributed by atoms with Crippen LogP contribution in [0.4, 0.5) is 0 Å². The molecule has 0 radical (unpaired) electrons. The van der Waals surface area contributed by atoms with Gasteiger partial charge in [-0.05, 0) is 39.0 Å². The highest BCUT2D eigenvalue weighted by atomic mass is 32.2. The second kappa shape index (κ2) is 5.91. The zero-order valence-electron chi connectivity index (χ0n) is 14.0. The Morgan fingerprint density at radius 1 is 1.21 bits per heavy atom. The van der Waals surface area contributed by atoms with E-state index in [-0.39, 0.29) is 17.5 Å². The van der Waals surface area contributed by atoms with Gasteiger partial charge in [0.2, 0.25) is 0 Å². The van der Waals surface area contributed by atoms with E-state index in [1.165, 1.54) is 17.7 Å². The average Bonchev–Trinajstić information content (AvgIpc) is 2.97. The number of aromatic nitrogens is 4. The predicted octanol–water partition coefficient (Wildman–Crippen LogP) is 2.25. The fourth-order valence-corrected chi connectivity index (χ4v) is 5.96. The number of sulfone groups is 1. The highest BCUT2D eigenvalue weighted by Gasteiger charge is 2.33. The van der Waals surface area contributed by atoms with E-state index in [4.69, 9.17) is 10.1 Å². The molecule has 0 bridgehead atoms. The molecule has 0 N–H and O–H groups in total. The maximum Gasteiger partial charge on any atom is 0.152 e. The van der Waals surface area contributed by atoms with E-state index >= 15 is 0 Å². The Labute approximate surface area is 146 Å². The molecule has 0 spiro atoms. The highest BCUT2D eigenvalue weighted by Crippen LogP contribution is 2.33. The van der Waals surface area contributed by atoms with Crippen molar-refractivity contribution in [1.82, 2.24) is 19.7 Å². The van der Waals surface area contributed by atoms with E-state index < -0.39 is 9.84 Å². The number of aryl methyl sites for hydroxylation is 2. The van der Waals surface area contributed by atoms with Crippen LogP contribution >= 0.6 is 11.3 Å². The monoisotopic (exact) mass is 366 g/mol. The molecule has 2 aromatic heterocycles. The lowest BCUT2D eigenvalue weighted by Gasteiger charge is -2.11. The maximum atomic E-state index is 11.9. The van der Waals surface area contributed by atoms with E-state index in [0.29, 0.717) is 18.8 Å². The third-order valence-electron chi connectivity index (χ3n) is 4.79. The molecule has 2 aliphatic rings. The van der Waals surface area contributed by atoms with Crippen molar-refractivity contribution in [3.63, 3.8) is 0 Å². The molecule has 1 atom stereocenters. The van der Waals surface area contributed by atoms with Crippen molar-refractivity contribution in [2.24, 2.45) is 5.92 Å². The Hall–Kier alpha value is -1.28. The Kier molecular flexibility index (Phi) is 3.99. The lowest BCUT2D eigenvalue weighted by Crippen LogP contribution is -2.16. The van der Waals surface area contributed by atoms with Crippen molar-refractivity contribution in [1.29, 1.82) is 0 Å². The van der Waals surface area contributed by atoms with Crippen LogP contribution in [0, 0.1) is 19.8 Å². The fraction of sp³-hybridized carbons (Fsp3) is 0.688. The van der Waals surface area contributed by atoms with Gasteiger partial charge >= 0.3 is 0 Å². The van der Waals surface area contributed by atoms with E-state index in [1.54, 1.807) is 11.3 Å². The van der Waals surface area contributed by atoms with Gasteiger partial charge in [-0.25, -0.2) is 23.1 Å². The van der Waals surface area contributed by atoms with Crippen LogP contribution in [-0.4, -0.2) is 39.7 Å². The fourth-order valence-electron chi connectivity index (χ4n) is 3.33. The van der Waals surface area contributed by atoms with E-state index in [2.05, 4.69) is 4.98 Å². The number of hydrogen-bond donors (Lipinski definition) is 0. The maximum absolute atomic E-state index is 11.9. The van der Waals surface area contributed by atoms with Crippen LogP contribution in [0.1, 0.15) is 52.5 Å². The molecule has 4 rings (SSSR count).